The fourth-order valence-corrected chi connectivity index (χ4v) is 3.11. The number of fused-ring (bicyclic) bond motifs is 1. The molecule has 1 fully saturated rings. The van der Waals surface area contributed by atoms with Crippen LogP contribution in [0.5, 0.6) is 5.88 Å². The highest BCUT2D eigenvalue weighted by Crippen LogP contribution is 2.27. The highest BCUT2D eigenvalue weighted by molar-refractivity contribution is 5.96. The van der Waals surface area contributed by atoms with Crippen LogP contribution in [-0.4, -0.2) is 36.2 Å². The first-order valence-electron chi connectivity index (χ1n) is 9.32. The number of nitrogens with zero attached hydrogens (tertiary/aromatic N) is 4. The largest absolute Gasteiger partial charge is 0.494 e. The standard InChI is InChI=1S/C20H23N5O3/c1-20(2,3)11-24-15-10-14(13-6-4-5-9-21-13)23-25(15)19(28)16(18(24)27)17(26)22-12-7-8-12/h4-6,9-10,12,27H,7-8,11H2,1-3H3,(H,22,26). The van der Waals surface area contributed by atoms with E-state index in [1.165, 1.54) is 4.52 Å². The van der Waals surface area contributed by atoms with E-state index in [2.05, 4.69) is 15.4 Å². The molecule has 0 bridgehead atoms. The number of hydrogen-bond acceptors (Lipinski definition) is 5. The Labute approximate surface area is 161 Å². The molecule has 1 saturated carbocycles. The van der Waals surface area contributed by atoms with Crippen molar-refractivity contribution in [3.8, 4) is 17.3 Å². The smallest absolute Gasteiger partial charge is 0.291 e. The fourth-order valence-electron chi connectivity index (χ4n) is 3.11. The number of carbonyl (C=O) groups is 1. The van der Waals surface area contributed by atoms with Gasteiger partial charge in [-0.3, -0.25) is 19.1 Å². The zero-order chi connectivity index (χ0) is 20.1. The Balaban J connectivity index is 1.95. The number of carbonyl (C=O) groups excluding carboxylic acids is 1. The molecule has 8 heteroatoms. The molecule has 0 aliphatic heterocycles. The summed E-state index contributed by atoms with van der Waals surface area (Å²) in [6.45, 7) is 6.45. The molecule has 8 nitrogen and oxygen atoms in total. The number of amides is 1. The minimum absolute atomic E-state index is 0.0692. The number of aromatic hydroxyl groups is 1. The lowest BCUT2D eigenvalue weighted by Gasteiger charge is -2.23. The minimum Gasteiger partial charge on any atom is -0.494 e. The topological polar surface area (TPSA) is 102 Å². The van der Waals surface area contributed by atoms with E-state index < -0.39 is 11.5 Å². The van der Waals surface area contributed by atoms with Crippen LogP contribution < -0.4 is 10.9 Å². The van der Waals surface area contributed by atoms with Crippen LogP contribution in [0, 0.1) is 5.41 Å². The van der Waals surface area contributed by atoms with Crippen LogP contribution in [0.15, 0.2) is 35.3 Å². The molecule has 4 rings (SSSR count). The molecule has 0 radical (unpaired) electrons. The molecule has 2 N–H and O–H groups in total. The third-order valence-corrected chi connectivity index (χ3v) is 4.55. The second kappa shape index (κ2) is 6.47. The van der Waals surface area contributed by atoms with Gasteiger partial charge in [0.25, 0.3) is 11.5 Å². The lowest BCUT2D eigenvalue weighted by Crippen LogP contribution is -2.35. The van der Waals surface area contributed by atoms with Gasteiger partial charge in [-0.1, -0.05) is 26.8 Å². The number of nitrogens with one attached hydrogen (secondary N) is 1. The summed E-state index contributed by atoms with van der Waals surface area (Å²) in [5.74, 6) is -0.900. The number of hydrogen-bond donors (Lipinski definition) is 2. The molecular formula is C20H23N5O3. The summed E-state index contributed by atoms with van der Waals surface area (Å²) in [7, 11) is 0. The highest BCUT2D eigenvalue weighted by atomic mass is 16.3. The molecule has 3 heterocycles. The second-order valence-electron chi connectivity index (χ2n) is 8.41. The summed E-state index contributed by atoms with van der Waals surface area (Å²) in [5, 5.41) is 18.0. The Morgan fingerprint density at radius 3 is 2.64 bits per heavy atom. The van der Waals surface area contributed by atoms with Gasteiger partial charge in [0.15, 0.2) is 5.56 Å². The van der Waals surface area contributed by atoms with Gasteiger partial charge in [0, 0.05) is 24.8 Å². The van der Waals surface area contributed by atoms with E-state index in [1.807, 2.05) is 26.8 Å². The van der Waals surface area contributed by atoms with E-state index in [1.54, 1.807) is 29.0 Å². The molecule has 0 unspecified atom stereocenters. The number of rotatable bonds is 4. The van der Waals surface area contributed by atoms with Gasteiger partial charge >= 0.3 is 0 Å². The average molecular weight is 381 g/mol. The Morgan fingerprint density at radius 2 is 2.04 bits per heavy atom. The third kappa shape index (κ3) is 3.37. The summed E-state index contributed by atoms with van der Waals surface area (Å²) in [6.07, 6.45) is 3.42. The molecule has 3 aromatic rings. The van der Waals surface area contributed by atoms with Crippen LogP contribution in [0.1, 0.15) is 44.0 Å². The quantitative estimate of drug-likeness (QED) is 0.721. The molecule has 146 valence electrons. The summed E-state index contributed by atoms with van der Waals surface area (Å²) in [6, 6.07) is 7.20. The summed E-state index contributed by atoms with van der Waals surface area (Å²) >= 11 is 0. The zero-order valence-electron chi connectivity index (χ0n) is 16.1. The molecule has 1 amide bonds. The van der Waals surface area contributed by atoms with Gasteiger partial charge in [0.05, 0.1) is 5.69 Å². The molecule has 28 heavy (non-hydrogen) atoms. The molecule has 1 aliphatic carbocycles. The van der Waals surface area contributed by atoms with Gasteiger partial charge in [-0.2, -0.15) is 9.61 Å². The van der Waals surface area contributed by atoms with Gasteiger partial charge in [-0.15, -0.1) is 0 Å². The first-order valence-corrected chi connectivity index (χ1v) is 9.32. The van der Waals surface area contributed by atoms with Crippen molar-refractivity contribution in [2.45, 2.75) is 46.2 Å². The van der Waals surface area contributed by atoms with E-state index in [9.17, 15) is 14.7 Å². The Hall–Kier alpha value is -3.16. The molecular weight excluding hydrogens is 358 g/mol. The number of aromatic nitrogens is 4. The van der Waals surface area contributed by atoms with E-state index in [-0.39, 0.29) is 22.9 Å². The first kappa shape index (κ1) is 18.2. The van der Waals surface area contributed by atoms with Gasteiger partial charge in [-0.25, -0.2) is 0 Å². The molecule has 0 atom stereocenters. The normalized spacial score (nSPS) is 14.4. The van der Waals surface area contributed by atoms with Crippen molar-refractivity contribution in [3.05, 3.63) is 46.4 Å². The monoisotopic (exact) mass is 381 g/mol. The van der Waals surface area contributed by atoms with Crippen molar-refractivity contribution in [3.63, 3.8) is 0 Å². The fraction of sp³-hybridized carbons (Fsp3) is 0.400. The lowest BCUT2D eigenvalue weighted by molar-refractivity contribution is 0.0944. The summed E-state index contributed by atoms with van der Waals surface area (Å²) < 4.78 is 2.75. The number of pyridine rings is 1. The van der Waals surface area contributed by atoms with Crippen molar-refractivity contribution in [1.29, 1.82) is 0 Å². The highest BCUT2D eigenvalue weighted by Gasteiger charge is 2.30. The molecule has 0 aromatic carbocycles. The molecule has 1 aliphatic rings. The van der Waals surface area contributed by atoms with E-state index in [4.69, 9.17) is 0 Å². The van der Waals surface area contributed by atoms with Crippen molar-refractivity contribution in [2.24, 2.45) is 5.41 Å². The van der Waals surface area contributed by atoms with Gasteiger partial charge < -0.3 is 10.4 Å². The Morgan fingerprint density at radius 1 is 1.29 bits per heavy atom. The third-order valence-electron chi connectivity index (χ3n) is 4.55. The Bertz CT molecular complexity index is 1100. The van der Waals surface area contributed by atoms with Crippen LogP contribution in [-0.2, 0) is 6.54 Å². The second-order valence-corrected chi connectivity index (χ2v) is 8.41. The zero-order valence-corrected chi connectivity index (χ0v) is 16.1. The van der Waals surface area contributed by atoms with Crippen LogP contribution >= 0.6 is 0 Å². The average Bonchev–Trinajstić information content (AvgIpc) is 3.32. The van der Waals surface area contributed by atoms with Crippen molar-refractivity contribution in [1.82, 2.24) is 24.5 Å². The maximum atomic E-state index is 13.0. The minimum atomic E-state index is -0.641. The van der Waals surface area contributed by atoms with E-state index >= 15 is 0 Å². The molecule has 0 spiro atoms. The van der Waals surface area contributed by atoms with Crippen LogP contribution in [0.3, 0.4) is 0 Å². The van der Waals surface area contributed by atoms with Gasteiger partial charge in [-0.05, 0) is 30.4 Å². The summed E-state index contributed by atoms with van der Waals surface area (Å²) in [4.78, 5) is 29.9. The predicted octanol–water partition coefficient (Wildman–Crippen LogP) is 2.20. The van der Waals surface area contributed by atoms with Crippen molar-refractivity contribution >= 4 is 11.6 Å². The first-order chi connectivity index (χ1) is 13.2. The van der Waals surface area contributed by atoms with Gasteiger partial charge in [0.1, 0.15) is 11.3 Å². The van der Waals surface area contributed by atoms with E-state index in [0.29, 0.717) is 23.6 Å². The van der Waals surface area contributed by atoms with Crippen molar-refractivity contribution < 1.29 is 9.90 Å². The lowest BCUT2D eigenvalue weighted by atomic mass is 9.96. The van der Waals surface area contributed by atoms with Crippen LogP contribution in [0.2, 0.25) is 0 Å². The maximum absolute atomic E-state index is 13.0. The maximum Gasteiger partial charge on any atom is 0.291 e. The SMILES string of the molecule is CC(C)(C)Cn1c(O)c(C(=O)NC2CC2)c(=O)n2nc(-c3ccccn3)cc12. The van der Waals surface area contributed by atoms with E-state index in [0.717, 1.165) is 12.8 Å². The van der Waals surface area contributed by atoms with Crippen molar-refractivity contribution in [2.75, 3.05) is 0 Å². The van der Waals surface area contributed by atoms with Crippen LogP contribution in [0.25, 0.3) is 17.0 Å². The van der Waals surface area contributed by atoms with Crippen LogP contribution in [0.4, 0.5) is 0 Å². The van der Waals surface area contributed by atoms with Gasteiger partial charge in [0.2, 0.25) is 5.88 Å². The molecule has 3 aromatic heterocycles. The summed E-state index contributed by atoms with van der Waals surface area (Å²) in [5.41, 5.74) is 0.404. The molecule has 0 saturated heterocycles. The predicted molar refractivity (Wildman–Crippen MR) is 104 cm³/mol. The Kier molecular flexibility index (Phi) is 4.21.